The predicted molar refractivity (Wildman–Crippen MR) is 75.9 cm³/mol. The number of hydrogen-bond acceptors (Lipinski definition) is 4. The van der Waals surface area contributed by atoms with Crippen molar-refractivity contribution in [3.05, 3.63) is 41.7 Å². The average Bonchev–Trinajstić information content (AvgIpc) is 2.35. The van der Waals surface area contributed by atoms with Gasteiger partial charge in [0.25, 0.3) is 0 Å². The summed E-state index contributed by atoms with van der Waals surface area (Å²) >= 11 is 0. The monoisotopic (exact) mass is 274 g/mol. The molecule has 1 rings (SSSR count). The van der Waals surface area contributed by atoms with Gasteiger partial charge in [-0.2, -0.15) is 5.26 Å². The van der Waals surface area contributed by atoms with E-state index in [0.29, 0.717) is 5.69 Å². The quantitative estimate of drug-likeness (QED) is 0.568. The van der Waals surface area contributed by atoms with E-state index < -0.39 is 11.5 Å². The van der Waals surface area contributed by atoms with Gasteiger partial charge in [-0.25, -0.2) is 0 Å². The van der Waals surface area contributed by atoms with Crippen molar-refractivity contribution in [2.75, 3.05) is 5.32 Å². The summed E-state index contributed by atoms with van der Waals surface area (Å²) in [5.74, 6) is -0.654. The topological polar surface area (TPSA) is 93.3 Å². The number of carbonyl (C=O) groups is 1. The third kappa shape index (κ3) is 5.55. The number of nitrogens with zero attached hydrogens (tertiary/aromatic N) is 1. The molecule has 0 aromatic heterocycles. The van der Waals surface area contributed by atoms with Crippen LogP contribution in [0.25, 0.3) is 0 Å². The van der Waals surface area contributed by atoms with Gasteiger partial charge in [0, 0.05) is 12.1 Å². The molecule has 1 aromatic rings. The SMILES string of the molecule is CC(C)(O)C/C(O)=C(\C#N)CC(=O)Nc1ccccc1. The first-order chi connectivity index (χ1) is 9.31. The third-order valence-electron chi connectivity index (χ3n) is 2.48. The van der Waals surface area contributed by atoms with Crippen LogP contribution in [0, 0.1) is 11.3 Å². The molecule has 1 aromatic carbocycles. The van der Waals surface area contributed by atoms with E-state index in [1.807, 2.05) is 6.07 Å². The van der Waals surface area contributed by atoms with Gasteiger partial charge in [-0.3, -0.25) is 4.79 Å². The van der Waals surface area contributed by atoms with Crippen molar-refractivity contribution in [3.63, 3.8) is 0 Å². The summed E-state index contributed by atoms with van der Waals surface area (Å²) in [5.41, 5.74) is -0.556. The zero-order valence-corrected chi connectivity index (χ0v) is 11.6. The van der Waals surface area contributed by atoms with Crippen molar-refractivity contribution >= 4 is 11.6 Å². The Kier molecular flexibility index (Phi) is 5.30. The number of amides is 1. The summed E-state index contributed by atoms with van der Waals surface area (Å²) in [6.07, 6.45) is -0.304. The number of carbonyl (C=O) groups excluding carboxylic acids is 1. The number of hydrogen-bond donors (Lipinski definition) is 3. The van der Waals surface area contributed by atoms with Crippen LogP contribution in [0.2, 0.25) is 0 Å². The second-order valence-electron chi connectivity index (χ2n) is 5.12. The maximum Gasteiger partial charge on any atom is 0.229 e. The molecule has 0 aliphatic heterocycles. The molecule has 0 radical (unpaired) electrons. The van der Waals surface area contributed by atoms with Crippen LogP contribution in [0.3, 0.4) is 0 Å². The van der Waals surface area contributed by atoms with Crippen molar-refractivity contribution < 1.29 is 15.0 Å². The number of nitrogens with one attached hydrogen (secondary N) is 1. The van der Waals surface area contributed by atoms with Gasteiger partial charge < -0.3 is 15.5 Å². The maximum atomic E-state index is 11.8. The number of nitriles is 1. The molecule has 0 bridgehead atoms. The number of rotatable bonds is 5. The highest BCUT2D eigenvalue weighted by atomic mass is 16.3. The maximum absolute atomic E-state index is 11.8. The summed E-state index contributed by atoms with van der Waals surface area (Å²) in [6, 6.07) is 10.6. The Labute approximate surface area is 118 Å². The van der Waals surface area contributed by atoms with Crippen LogP contribution in [-0.2, 0) is 4.79 Å². The average molecular weight is 274 g/mol. The molecule has 5 heteroatoms. The lowest BCUT2D eigenvalue weighted by molar-refractivity contribution is -0.115. The first kappa shape index (κ1) is 15.7. The first-order valence-electron chi connectivity index (χ1n) is 6.20. The van der Waals surface area contributed by atoms with Crippen molar-refractivity contribution in [1.29, 1.82) is 5.26 Å². The largest absolute Gasteiger partial charge is 0.511 e. The number of aliphatic hydroxyl groups excluding tert-OH is 1. The summed E-state index contributed by atoms with van der Waals surface area (Å²) in [7, 11) is 0. The predicted octanol–water partition coefficient (Wildman–Crippen LogP) is 2.51. The van der Waals surface area contributed by atoms with E-state index in [0.717, 1.165) is 0 Å². The Morgan fingerprint density at radius 3 is 2.45 bits per heavy atom. The van der Waals surface area contributed by atoms with Crippen LogP contribution >= 0.6 is 0 Å². The molecule has 0 aliphatic carbocycles. The van der Waals surface area contributed by atoms with E-state index in [4.69, 9.17) is 5.26 Å². The molecule has 0 aliphatic rings. The highest BCUT2D eigenvalue weighted by Gasteiger charge is 2.19. The molecular formula is C15H18N2O3. The van der Waals surface area contributed by atoms with E-state index in [-0.39, 0.29) is 24.2 Å². The number of aliphatic hydroxyl groups is 2. The zero-order chi connectivity index (χ0) is 15.2. The highest BCUT2D eigenvalue weighted by molar-refractivity contribution is 5.92. The summed E-state index contributed by atoms with van der Waals surface area (Å²) < 4.78 is 0. The van der Waals surface area contributed by atoms with Gasteiger partial charge in [-0.05, 0) is 26.0 Å². The second kappa shape index (κ2) is 6.73. The van der Waals surface area contributed by atoms with Gasteiger partial charge >= 0.3 is 0 Å². The smallest absolute Gasteiger partial charge is 0.229 e. The van der Waals surface area contributed by atoms with Crippen molar-refractivity contribution in [3.8, 4) is 6.07 Å². The fourth-order valence-electron chi connectivity index (χ4n) is 1.61. The van der Waals surface area contributed by atoms with Crippen LogP contribution in [0.15, 0.2) is 41.7 Å². The molecule has 0 spiro atoms. The van der Waals surface area contributed by atoms with Crippen molar-refractivity contribution in [2.45, 2.75) is 32.3 Å². The van der Waals surface area contributed by atoms with Gasteiger partial charge in [0.05, 0.1) is 23.7 Å². The Hall–Kier alpha value is -2.32. The minimum atomic E-state index is -1.14. The van der Waals surface area contributed by atoms with Gasteiger partial charge in [0.1, 0.15) is 5.76 Å². The zero-order valence-electron chi connectivity index (χ0n) is 11.6. The summed E-state index contributed by atoms with van der Waals surface area (Å²) in [5, 5.41) is 31.0. The molecule has 0 fully saturated rings. The lowest BCUT2D eigenvalue weighted by Gasteiger charge is -2.16. The third-order valence-corrected chi connectivity index (χ3v) is 2.48. The molecule has 0 atom stereocenters. The lowest BCUT2D eigenvalue weighted by Crippen LogP contribution is -2.20. The molecule has 0 saturated carbocycles. The Balaban J connectivity index is 2.72. The Bertz CT molecular complexity index is 536. The van der Waals surface area contributed by atoms with Gasteiger partial charge in [-0.1, -0.05) is 18.2 Å². The fraction of sp³-hybridized carbons (Fsp3) is 0.333. The minimum Gasteiger partial charge on any atom is -0.511 e. The lowest BCUT2D eigenvalue weighted by atomic mass is 10.0. The van der Waals surface area contributed by atoms with Crippen LogP contribution < -0.4 is 5.32 Å². The standard InChI is InChI=1S/C15H18N2O3/c1-15(2,20)9-13(18)11(10-16)8-14(19)17-12-6-4-3-5-7-12/h3-7,18,20H,8-9H2,1-2H3,(H,17,19)/b13-11+. The van der Waals surface area contributed by atoms with Crippen molar-refractivity contribution in [2.24, 2.45) is 0 Å². The Morgan fingerprint density at radius 2 is 1.95 bits per heavy atom. The molecule has 106 valence electrons. The van der Waals surface area contributed by atoms with Crippen molar-refractivity contribution in [1.82, 2.24) is 0 Å². The first-order valence-corrected chi connectivity index (χ1v) is 6.20. The van der Waals surface area contributed by atoms with E-state index >= 15 is 0 Å². The highest BCUT2D eigenvalue weighted by Crippen LogP contribution is 2.18. The van der Waals surface area contributed by atoms with Crippen LogP contribution in [0.4, 0.5) is 5.69 Å². The van der Waals surface area contributed by atoms with Crippen LogP contribution in [-0.4, -0.2) is 21.7 Å². The van der Waals surface area contributed by atoms with Gasteiger partial charge in [0.15, 0.2) is 0 Å². The second-order valence-corrected chi connectivity index (χ2v) is 5.12. The molecular weight excluding hydrogens is 256 g/mol. The number of anilines is 1. The van der Waals surface area contributed by atoms with Crippen LogP contribution in [0.5, 0.6) is 0 Å². The molecule has 20 heavy (non-hydrogen) atoms. The fourth-order valence-corrected chi connectivity index (χ4v) is 1.61. The minimum absolute atomic E-state index is 0.0412. The molecule has 3 N–H and O–H groups in total. The summed E-state index contributed by atoms with van der Waals surface area (Å²) in [6.45, 7) is 3.03. The number of benzene rings is 1. The van der Waals surface area contributed by atoms with Crippen LogP contribution in [0.1, 0.15) is 26.7 Å². The molecule has 0 unspecified atom stereocenters. The van der Waals surface area contributed by atoms with Gasteiger partial charge in [-0.15, -0.1) is 0 Å². The number of para-hydroxylation sites is 1. The Morgan fingerprint density at radius 1 is 1.35 bits per heavy atom. The van der Waals surface area contributed by atoms with E-state index in [9.17, 15) is 15.0 Å². The normalized spacial score (nSPS) is 12.3. The van der Waals surface area contributed by atoms with E-state index in [1.165, 1.54) is 13.8 Å². The van der Waals surface area contributed by atoms with E-state index in [2.05, 4.69) is 5.32 Å². The van der Waals surface area contributed by atoms with E-state index in [1.54, 1.807) is 30.3 Å². The summed E-state index contributed by atoms with van der Waals surface area (Å²) in [4.78, 5) is 11.8. The molecule has 1 amide bonds. The molecule has 0 heterocycles. The molecule has 5 nitrogen and oxygen atoms in total. The van der Waals surface area contributed by atoms with Gasteiger partial charge in [0.2, 0.25) is 5.91 Å². The molecule has 0 saturated heterocycles.